The van der Waals surface area contributed by atoms with E-state index in [0.29, 0.717) is 23.1 Å². The Balaban J connectivity index is 2.12. The summed E-state index contributed by atoms with van der Waals surface area (Å²) < 4.78 is 0. The predicted molar refractivity (Wildman–Crippen MR) is 85.9 cm³/mol. The molecule has 1 N–H and O–H groups in total. The Morgan fingerprint density at radius 3 is 2.81 bits per heavy atom. The number of halogens is 2. The zero-order valence-electron chi connectivity index (χ0n) is 12.2. The largest absolute Gasteiger partial charge is 0.481 e. The number of carboxylic acid groups (broad SMARTS) is 1. The Kier molecular flexibility index (Phi) is 5.53. The smallest absolute Gasteiger partial charge is 0.310 e. The summed E-state index contributed by atoms with van der Waals surface area (Å²) in [5.74, 6) is -0.670. The van der Waals surface area contributed by atoms with E-state index in [9.17, 15) is 9.90 Å². The van der Waals surface area contributed by atoms with Crippen molar-refractivity contribution in [3.05, 3.63) is 33.8 Å². The average molecular weight is 330 g/mol. The fourth-order valence-corrected chi connectivity index (χ4v) is 3.69. The lowest BCUT2D eigenvalue weighted by Crippen LogP contribution is -2.47. The minimum Gasteiger partial charge on any atom is -0.481 e. The molecule has 1 aliphatic heterocycles. The molecule has 0 amide bonds. The van der Waals surface area contributed by atoms with Gasteiger partial charge in [0.15, 0.2) is 0 Å². The fourth-order valence-electron chi connectivity index (χ4n) is 3.22. The van der Waals surface area contributed by atoms with Crippen molar-refractivity contribution in [3.63, 3.8) is 0 Å². The predicted octanol–water partition coefficient (Wildman–Crippen LogP) is 4.46. The van der Waals surface area contributed by atoms with Crippen LogP contribution in [0.2, 0.25) is 10.0 Å². The van der Waals surface area contributed by atoms with Crippen molar-refractivity contribution in [1.82, 2.24) is 4.90 Å². The lowest BCUT2D eigenvalue weighted by atomic mass is 9.76. The quantitative estimate of drug-likeness (QED) is 0.866. The van der Waals surface area contributed by atoms with Gasteiger partial charge in [-0.2, -0.15) is 0 Å². The third-order valence-electron chi connectivity index (χ3n) is 4.25. The molecular weight excluding hydrogens is 309 g/mol. The molecule has 116 valence electrons. The molecule has 3 nitrogen and oxygen atoms in total. The van der Waals surface area contributed by atoms with Gasteiger partial charge in [0.05, 0.1) is 5.41 Å². The van der Waals surface area contributed by atoms with E-state index >= 15 is 0 Å². The van der Waals surface area contributed by atoms with Gasteiger partial charge < -0.3 is 5.11 Å². The first-order valence-electron chi connectivity index (χ1n) is 7.36. The van der Waals surface area contributed by atoms with Gasteiger partial charge in [0.25, 0.3) is 0 Å². The van der Waals surface area contributed by atoms with Crippen LogP contribution in [0.15, 0.2) is 18.2 Å². The summed E-state index contributed by atoms with van der Waals surface area (Å²) in [6.07, 6.45) is 3.30. The average Bonchev–Trinajstić information content (AvgIpc) is 2.42. The Hall–Kier alpha value is -0.770. The van der Waals surface area contributed by atoms with Crippen molar-refractivity contribution < 1.29 is 9.90 Å². The van der Waals surface area contributed by atoms with Crippen molar-refractivity contribution in [2.75, 3.05) is 13.1 Å². The second-order valence-electron chi connectivity index (χ2n) is 5.89. The van der Waals surface area contributed by atoms with E-state index in [2.05, 4.69) is 4.90 Å². The number of likely N-dealkylation sites (tertiary alicyclic amines) is 1. The van der Waals surface area contributed by atoms with Crippen LogP contribution < -0.4 is 0 Å². The number of carbonyl (C=O) groups is 1. The van der Waals surface area contributed by atoms with Gasteiger partial charge in [0.1, 0.15) is 0 Å². The number of rotatable bonds is 5. The summed E-state index contributed by atoms with van der Waals surface area (Å²) in [4.78, 5) is 13.9. The van der Waals surface area contributed by atoms with Gasteiger partial charge in [0, 0.05) is 23.1 Å². The summed E-state index contributed by atoms with van der Waals surface area (Å²) in [7, 11) is 0. The molecule has 0 spiro atoms. The first-order chi connectivity index (χ1) is 9.97. The zero-order chi connectivity index (χ0) is 15.5. The highest BCUT2D eigenvalue weighted by Crippen LogP contribution is 2.36. The molecule has 5 heteroatoms. The van der Waals surface area contributed by atoms with E-state index in [1.165, 1.54) is 0 Å². The monoisotopic (exact) mass is 329 g/mol. The van der Waals surface area contributed by atoms with Gasteiger partial charge in [0.2, 0.25) is 0 Å². The van der Waals surface area contributed by atoms with E-state index in [1.54, 1.807) is 6.07 Å². The molecule has 1 aromatic carbocycles. The molecule has 0 aromatic heterocycles. The Bertz CT molecular complexity index is 517. The molecule has 1 aromatic rings. The van der Waals surface area contributed by atoms with Crippen LogP contribution in [0.5, 0.6) is 0 Å². The maximum atomic E-state index is 11.7. The Morgan fingerprint density at radius 1 is 1.43 bits per heavy atom. The summed E-state index contributed by atoms with van der Waals surface area (Å²) in [5.41, 5.74) is 0.394. The number of aliphatic carboxylic acids is 1. The molecule has 1 unspecified atom stereocenters. The van der Waals surface area contributed by atoms with Crippen LogP contribution in [0.4, 0.5) is 0 Å². The van der Waals surface area contributed by atoms with Crippen LogP contribution in [0.1, 0.15) is 38.2 Å². The third kappa shape index (κ3) is 3.91. The molecule has 0 aliphatic carbocycles. The minimum absolute atomic E-state index is 0.592. The number of carboxylic acids is 1. The van der Waals surface area contributed by atoms with Gasteiger partial charge >= 0.3 is 5.97 Å². The first kappa shape index (κ1) is 16.6. The summed E-state index contributed by atoms with van der Waals surface area (Å²) >= 11 is 12.1. The van der Waals surface area contributed by atoms with E-state index in [0.717, 1.165) is 37.8 Å². The molecule has 0 saturated carbocycles. The van der Waals surface area contributed by atoms with E-state index in [4.69, 9.17) is 23.2 Å². The Morgan fingerprint density at radius 2 is 2.19 bits per heavy atom. The van der Waals surface area contributed by atoms with Crippen molar-refractivity contribution in [1.29, 1.82) is 0 Å². The van der Waals surface area contributed by atoms with E-state index < -0.39 is 11.4 Å². The van der Waals surface area contributed by atoms with Crippen LogP contribution in [-0.4, -0.2) is 29.1 Å². The van der Waals surface area contributed by atoms with Crippen molar-refractivity contribution in [2.45, 2.75) is 39.2 Å². The van der Waals surface area contributed by atoms with Gasteiger partial charge in [-0.05, 0) is 43.5 Å². The SMILES string of the molecule is CCCC1(C(=O)O)CCCN(Cc2ccc(Cl)cc2Cl)C1. The molecule has 1 heterocycles. The highest BCUT2D eigenvalue weighted by Gasteiger charge is 2.41. The first-order valence-corrected chi connectivity index (χ1v) is 8.12. The Labute approximate surface area is 135 Å². The topological polar surface area (TPSA) is 40.5 Å². The number of hydrogen-bond donors (Lipinski definition) is 1. The summed E-state index contributed by atoms with van der Waals surface area (Å²) in [6.45, 7) is 4.22. The van der Waals surface area contributed by atoms with Crippen molar-refractivity contribution in [2.24, 2.45) is 5.41 Å². The van der Waals surface area contributed by atoms with E-state index in [-0.39, 0.29) is 0 Å². The number of benzene rings is 1. The lowest BCUT2D eigenvalue weighted by Gasteiger charge is -2.40. The van der Waals surface area contributed by atoms with Gasteiger partial charge in [-0.25, -0.2) is 0 Å². The van der Waals surface area contributed by atoms with Crippen LogP contribution in [0.3, 0.4) is 0 Å². The maximum absolute atomic E-state index is 11.7. The highest BCUT2D eigenvalue weighted by atomic mass is 35.5. The molecule has 1 saturated heterocycles. The highest BCUT2D eigenvalue weighted by molar-refractivity contribution is 6.35. The molecule has 1 fully saturated rings. The second kappa shape index (κ2) is 6.99. The number of nitrogens with zero attached hydrogens (tertiary/aromatic N) is 1. The molecule has 21 heavy (non-hydrogen) atoms. The standard InChI is InChI=1S/C16H21Cl2NO2/c1-2-6-16(15(20)21)7-3-8-19(11-16)10-12-4-5-13(17)9-14(12)18/h4-5,9H,2-3,6-8,10-11H2,1H3,(H,20,21). The number of hydrogen-bond acceptors (Lipinski definition) is 2. The molecular formula is C16H21Cl2NO2. The second-order valence-corrected chi connectivity index (χ2v) is 6.73. The normalized spacial score (nSPS) is 23.2. The maximum Gasteiger partial charge on any atom is 0.310 e. The minimum atomic E-state index is -0.670. The zero-order valence-corrected chi connectivity index (χ0v) is 13.8. The van der Waals surface area contributed by atoms with Crippen LogP contribution in [-0.2, 0) is 11.3 Å². The van der Waals surface area contributed by atoms with Crippen LogP contribution >= 0.6 is 23.2 Å². The van der Waals surface area contributed by atoms with Crippen LogP contribution in [0, 0.1) is 5.41 Å². The van der Waals surface area contributed by atoms with Gasteiger partial charge in [-0.3, -0.25) is 9.69 Å². The molecule has 1 atom stereocenters. The fraction of sp³-hybridized carbons (Fsp3) is 0.562. The summed E-state index contributed by atoms with van der Waals surface area (Å²) in [5, 5.41) is 10.9. The van der Waals surface area contributed by atoms with Crippen molar-refractivity contribution in [3.8, 4) is 0 Å². The lowest BCUT2D eigenvalue weighted by molar-refractivity contribution is -0.153. The van der Waals surface area contributed by atoms with Crippen LogP contribution in [0.25, 0.3) is 0 Å². The molecule has 2 rings (SSSR count). The van der Waals surface area contributed by atoms with Crippen molar-refractivity contribution >= 4 is 29.2 Å². The summed E-state index contributed by atoms with van der Waals surface area (Å²) in [6, 6.07) is 5.48. The number of piperidine rings is 1. The third-order valence-corrected chi connectivity index (χ3v) is 4.83. The van der Waals surface area contributed by atoms with Gasteiger partial charge in [-0.15, -0.1) is 0 Å². The van der Waals surface area contributed by atoms with E-state index in [1.807, 2.05) is 19.1 Å². The molecule has 0 radical (unpaired) electrons. The van der Waals surface area contributed by atoms with Gasteiger partial charge in [-0.1, -0.05) is 42.6 Å². The molecule has 1 aliphatic rings. The molecule has 0 bridgehead atoms.